The van der Waals surface area contributed by atoms with Crippen LogP contribution in [0.3, 0.4) is 0 Å². The molecule has 0 unspecified atom stereocenters. The number of rotatable bonds is 12. The van der Waals surface area contributed by atoms with Gasteiger partial charge in [0.05, 0.1) is 0 Å². The summed E-state index contributed by atoms with van der Waals surface area (Å²) in [6.45, 7) is 6.31. The Morgan fingerprint density at radius 3 is 1.57 bits per heavy atom. The Hall–Kier alpha value is -0.294. The first kappa shape index (κ1) is 23.0. The molecule has 0 saturated heterocycles. The molecule has 0 rings (SSSR count). The molecular formula is C16H32MgO4. The van der Waals surface area contributed by atoms with E-state index < -0.39 is 17.9 Å². The first-order valence-electron chi connectivity index (χ1n) is 7.82. The highest BCUT2D eigenvalue weighted by atomic mass is 24.3. The van der Waals surface area contributed by atoms with Gasteiger partial charge in [0.15, 0.2) is 5.92 Å². The van der Waals surface area contributed by atoms with Crippen molar-refractivity contribution in [2.75, 3.05) is 0 Å². The first-order chi connectivity index (χ1) is 9.36. The van der Waals surface area contributed by atoms with Crippen molar-refractivity contribution in [1.29, 1.82) is 0 Å². The van der Waals surface area contributed by atoms with Gasteiger partial charge >= 0.3 is 35.0 Å². The van der Waals surface area contributed by atoms with Crippen LogP contribution in [-0.4, -0.2) is 45.2 Å². The van der Waals surface area contributed by atoms with Crippen molar-refractivity contribution in [3.8, 4) is 0 Å². The van der Waals surface area contributed by atoms with Gasteiger partial charge in [0.25, 0.3) is 0 Å². The summed E-state index contributed by atoms with van der Waals surface area (Å²) in [6.07, 6.45) is 8.64. The van der Waals surface area contributed by atoms with Crippen LogP contribution >= 0.6 is 0 Å². The van der Waals surface area contributed by atoms with Crippen molar-refractivity contribution in [2.45, 2.75) is 78.6 Å². The van der Waals surface area contributed by atoms with Crippen LogP contribution in [0.1, 0.15) is 78.6 Å². The minimum atomic E-state index is -1.27. The van der Waals surface area contributed by atoms with Crippen LogP contribution in [0.2, 0.25) is 0 Å². The predicted molar refractivity (Wildman–Crippen MR) is 88.3 cm³/mol. The zero-order valence-electron chi connectivity index (χ0n) is 13.2. The van der Waals surface area contributed by atoms with Crippen LogP contribution in [-0.2, 0) is 9.59 Å². The SMILES string of the molecule is CCCCCC(C)(CCCCC)CC(C(=O)O)C(=O)O.[MgH2]. The third-order valence-corrected chi connectivity index (χ3v) is 4.06. The number of carboxylic acids is 2. The molecule has 0 aliphatic heterocycles. The van der Waals surface area contributed by atoms with Crippen molar-refractivity contribution in [3.63, 3.8) is 0 Å². The molecule has 0 radical (unpaired) electrons. The second kappa shape index (κ2) is 12.3. The summed E-state index contributed by atoms with van der Waals surface area (Å²) in [7, 11) is 0. The van der Waals surface area contributed by atoms with E-state index in [2.05, 4.69) is 20.8 Å². The molecule has 0 spiro atoms. The molecule has 0 aliphatic carbocycles. The maximum Gasteiger partial charge on any atom is 0.317 e. The summed E-state index contributed by atoms with van der Waals surface area (Å²) < 4.78 is 0. The fourth-order valence-electron chi connectivity index (χ4n) is 2.71. The average Bonchev–Trinajstić information content (AvgIpc) is 2.36. The standard InChI is InChI=1S/C16H30O4.Mg.2H/c1-4-6-8-10-16(3,11-9-7-5-2)12-13(14(17)18)15(19)20;;;/h13H,4-12H2,1-3H3,(H,17,18)(H,19,20);;;. The quantitative estimate of drug-likeness (QED) is 0.329. The number of carbonyl (C=O) groups is 2. The van der Waals surface area contributed by atoms with Gasteiger partial charge in [-0.2, -0.15) is 0 Å². The van der Waals surface area contributed by atoms with Crippen LogP contribution in [0.25, 0.3) is 0 Å². The maximum atomic E-state index is 11.1. The molecule has 0 aromatic rings. The van der Waals surface area contributed by atoms with Crippen molar-refractivity contribution in [1.82, 2.24) is 0 Å². The Bertz CT molecular complexity index is 281. The number of aliphatic carboxylic acids is 2. The highest BCUT2D eigenvalue weighted by Gasteiger charge is 2.35. The summed E-state index contributed by atoms with van der Waals surface area (Å²) in [6, 6.07) is 0. The molecule has 0 atom stereocenters. The van der Waals surface area contributed by atoms with Gasteiger partial charge in [0, 0.05) is 0 Å². The maximum absolute atomic E-state index is 11.1. The third-order valence-electron chi connectivity index (χ3n) is 4.06. The van der Waals surface area contributed by atoms with Gasteiger partial charge in [-0.05, 0) is 24.7 Å². The fourth-order valence-corrected chi connectivity index (χ4v) is 2.71. The van der Waals surface area contributed by atoms with Crippen molar-refractivity contribution >= 4 is 35.0 Å². The Labute approximate surface area is 144 Å². The largest absolute Gasteiger partial charge is 0.481 e. The minimum absolute atomic E-state index is 0. The van der Waals surface area contributed by atoms with Gasteiger partial charge in [-0.15, -0.1) is 0 Å². The molecule has 0 aliphatic rings. The Morgan fingerprint density at radius 2 is 1.29 bits per heavy atom. The molecule has 0 aromatic carbocycles. The van der Waals surface area contributed by atoms with Gasteiger partial charge < -0.3 is 10.2 Å². The molecule has 0 heterocycles. The number of hydrogen-bond acceptors (Lipinski definition) is 2. The van der Waals surface area contributed by atoms with E-state index in [9.17, 15) is 9.59 Å². The predicted octanol–water partition coefficient (Wildman–Crippen LogP) is 3.41. The molecule has 0 fully saturated rings. The number of unbranched alkanes of at least 4 members (excludes halogenated alkanes) is 4. The van der Waals surface area contributed by atoms with E-state index in [1.54, 1.807) is 0 Å². The monoisotopic (exact) mass is 312 g/mol. The molecule has 4 nitrogen and oxygen atoms in total. The topological polar surface area (TPSA) is 74.6 Å². The van der Waals surface area contributed by atoms with E-state index in [1.807, 2.05) is 0 Å². The second-order valence-electron chi connectivity index (χ2n) is 6.16. The lowest BCUT2D eigenvalue weighted by atomic mass is 9.73. The van der Waals surface area contributed by atoms with Crippen molar-refractivity contribution < 1.29 is 19.8 Å². The van der Waals surface area contributed by atoms with E-state index in [4.69, 9.17) is 10.2 Å². The molecule has 0 aromatic heterocycles. The highest BCUT2D eigenvalue weighted by Crippen LogP contribution is 2.37. The van der Waals surface area contributed by atoms with Crippen LogP contribution in [0.5, 0.6) is 0 Å². The summed E-state index contributed by atoms with van der Waals surface area (Å²) in [5.41, 5.74) is -0.175. The van der Waals surface area contributed by atoms with Crippen LogP contribution in [0, 0.1) is 11.3 Å². The third kappa shape index (κ3) is 10.1. The number of carboxylic acid groups (broad SMARTS) is 2. The zero-order valence-corrected chi connectivity index (χ0v) is 13.2. The molecule has 0 amide bonds. The van der Waals surface area contributed by atoms with E-state index in [1.165, 1.54) is 0 Å². The smallest absolute Gasteiger partial charge is 0.317 e. The van der Waals surface area contributed by atoms with Gasteiger partial charge in [0.2, 0.25) is 0 Å². The number of hydrogen-bond donors (Lipinski definition) is 2. The molecule has 122 valence electrons. The molecule has 5 heteroatoms. The Kier molecular flexibility index (Phi) is 13.4. The Balaban J connectivity index is 0. The van der Waals surface area contributed by atoms with E-state index in [-0.39, 0.29) is 34.9 Å². The van der Waals surface area contributed by atoms with Crippen molar-refractivity contribution in [2.24, 2.45) is 11.3 Å². The lowest BCUT2D eigenvalue weighted by Crippen LogP contribution is -2.31. The highest BCUT2D eigenvalue weighted by molar-refractivity contribution is 5.92. The average molecular weight is 313 g/mol. The molecule has 21 heavy (non-hydrogen) atoms. The molecule has 0 bridgehead atoms. The molecular weight excluding hydrogens is 280 g/mol. The second-order valence-corrected chi connectivity index (χ2v) is 6.16. The van der Waals surface area contributed by atoms with E-state index >= 15 is 0 Å². The first-order valence-corrected chi connectivity index (χ1v) is 7.82. The lowest BCUT2D eigenvalue weighted by Gasteiger charge is -2.31. The van der Waals surface area contributed by atoms with Gasteiger partial charge in [-0.3, -0.25) is 9.59 Å². The summed E-state index contributed by atoms with van der Waals surface area (Å²) >= 11 is 0. The van der Waals surface area contributed by atoms with Crippen molar-refractivity contribution in [3.05, 3.63) is 0 Å². The summed E-state index contributed by atoms with van der Waals surface area (Å²) in [4.78, 5) is 22.2. The summed E-state index contributed by atoms with van der Waals surface area (Å²) in [5.74, 6) is -3.70. The summed E-state index contributed by atoms with van der Waals surface area (Å²) in [5, 5.41) is 18.1. The zero-order chi connectivity index (χ0) is 15.6. The Morgan fingerprint density at radius 1 is 0.905 bits per heavy atom. The molecule has 2 N–H and O–H groups in total. The minimum Gasteiger partial charge on any atom is -0.481 e. The van der Waals surface area contributed by atoms with Gasteiger partial charge in [0.1, 0.15) is 0 Å². The van der Waals surface area contributed by atoms with Gasteiger partial charge in [-0.1, -0.05) is 59.3 Å². The molecule has 0 saturated carbocycles. The van der Waals surface area contributed by atoms with Crippen LogP contribution < -0.4 is 0 Å². The lowest BCUT2D eigenvalue weighted by molar-refractivity contribution is -0.156. The normalized spacial score (nSPS) is 11.2. The van der Waals surface area contributed by atoms with Crippen LogP contribution in [0.15, 0.2) is 0 Å². The van der Waals surface area contributed by atoms with E-state index in [0.717, 1.165) is 51.4 Å². The van der Waals surface area contributed by atoms with Crippen LogP contribution in [0.4, 0.5) is 0 Å². The van der Waals surface area contributed by atoms with E-state index in [0.29, 0.717) is 0 Å². The van der Waals surface area contributed by atoms with Gasteiger partial charge in [-0.25, -0.2) is 0 Å². The fraction of sp³-hybridized carbons (Fsp3) is 0.875.